The van der Waals surface area contributed by atoms with Crippen LogP contribution in [-0.2, 0) is 20.7 Å². The van der Waals surface area contributed by atoms with Crippen LogP contribution in [-0.4, -0.2) is 51.0 Å². The van der Waals surface area contributed by atoms with Crippen molar-refractivity contribution < 1.29 is 26.7 Å². The summed E-state index contributed by atoms with van der Waals surface area (Å²) in [4.78, 5) is 15.0. The van der Waals surface area contributed by atoms with Gasteiger partial charge in [0.25, 0.3) is 5.92 Å². The normalized spacial score (nSPS) is 22.9. The molecule has 1 saturated heterocycles. The molecule has 0 spiro atoms. The molecule has 1 heterocycles. The first kappa shape index (κ1) is 32.9. The second-order valence-corrected chi connectivity index (χ2v) is 15.1. The van der Waals surface area contributed by atoms with E-state index in [9.17, 15) is 13.2 Å². The van der Waals surface area contributed by atoms with Crippen LogP contribution in [0.5, 0.6) is 5.75 Å². The number of piperidine rings is 1. The molecule has 3 N–H and O–H groups in total. The van der Waals surface area contributed by atoms with E-state index in [-0.39, 0.29) is 35.9 Å². The number of halogens is 3. The molecule has 2 unspecified atom stereocenters. The minimum absolute atomic E-state index is 0.00612. The van der Waals surface area contributed by atoms with Gasteiger partial charge in [-0.1, -0.05) is 67.3 Å². The van der Waals surface area contributed by atoms with Crippen molar-refractivity contribution in [3.63, 3.8) is 0 Å². The maximum absolute atomic E-state index is 16.5. The lowest BCUT2D eigenvalue weighted by Crippen LogP contribution is -2.60. The highest BCUT2D eigenvalue weighted by Gasteiger charge is 2.52. The zero-order valence-electron chi connectivity index (χ0n) is 25.6. The molecule has 2 saturated carbocycles. The molecule has 0 radical (unpaired) electrons. The summed E-state index contributed by atoms with van der Waals surface area (Å²) < 4.78 is 68.1. The molecule has 2 bridgehead atoms. The van der Waals surface area contributed by atoms with Crippen molar-refractivity contribution in [1.29, 1.82) is 0 Å². The molecule has 11 heteroatoms. The van der Waals surface area contributed by atoms with Crippen molar-refractivity contribution in [3.8, 4) is 16.9 Å². The molecule has 1 aliphatic heterocycles. The third kappa shape index (κ3) is 7.10. The smallest absolute Gasteiger partial charge is 0.298 e. The largest absolute Gasteiger partial charge is 0.493 e. The number of likely N-dealkylation sites (tertiary alicyclic amines) is 1. The number of fused-ring (bicyclic) bond motifs is 2. The molecule has 3 fully saturated rings. The molecule has 3 aromatic rings. The molecule has 3 aliphatic rings. The quantitative estimate of drug-likeness (QED) is 0.253. The second kappa shape index (κ2) is 13.6. The Bertz CT molecular complexity index is 1600. The van der Waals surface area contributed by atoms with Gasteiger partial charge in [-0.15, -0.1) is 0 Å². The number of nitrogens with two attached hydrogens (primary N) is 1. The van der Waals surface area contributed by atoms with Gasteiger partial charge >= 0.3 is 0 Å². The Hall–Kier alpha value is -3.05. The van der Waals surface area contributed by atoms with Crippen molar-refractivity contribution in [3.05, 3.63) is 83.4 Å². The molecule has 0 aromatic heterocycles. The van der Waals surface area contributed by atoms with E-state index in [4.69, 9.17) is 22.1 Å². The number of sulfonamides is 1. The Labute approximate surface area is 274 Å². The molecular formula is C35H40ClF2N3O4S. The molecule has 246 valence electrons. The first-order valence-electron chi connectivity index (χ1n) is 16.0. The van der Waals surface area contributed by atoms with Crippen LogP contribution in [0, 0.1) is 17.8 Å². The number of hydrogen-bond donors (Lipinski definition) is 2. The topological polar surface area (TPSA) is 102 Å². The summed E-state index contributed by atoms with van der Waals surface area (Å²) in [5, 5.41) is 0.550. The van der Waals surface area contributed by atoms with Crippen molar-refractivity contribution in [2.75, 3.05) is 19.7 Å². The van der Waals surface area contributed by atoms with Crippen molar-refractivity contribution in [2.45, 2.75) is 67.8 Å². The van der Waals surface area contributed by atoms with E-state index in [0.29, 0.717) is 28.9 Å². The van der Waals surface area contributed by atoms with Crippen LogP contribution in [0.25, 0.3) is 11.1 Å². The fourth-order valence-electron chi connectivity index (χ4n) is 7.11. The molecule has 7 nitrogen and oxygen atoms in total. The van der Waals surface area contributed by atoms with Crippen LogP contribution in [0.1, 0.15) is 50.5 Å². The van der Waals surface area contributed by atoms with Gasteiger partial charge in [0.1, 0.15) is 5.75 Å². The van der Waals surface area contributed by atoms with Gasteiger partial charge in [0.2, 0.25) is 15.9 Å². The average molecular weight is 672 g/mol. The fourth-order valence-corrected chi connectivity index (χ4v) is 8.42. The van der Waals surface area contributed by atoms with Crippen LogP contribution in [0.4, 0.5) is 8.78 Å². The Morgan fingerprint density at radius 2 is 1.46 bits per heavy atom. The summed E-state index contributed by atoms with van der Waals surface area (Å²) in [6.45, 7) is 0.978. The van der Waals surface area contributed by atoms with Gasteiger partial charge in [0.05, 0.1) is 11.5 Å². The highest BCUT2D eigenvalue weighted by molar-refractivity contribution is 7.89. The van der Waals surface area contributed by atoms with Gasteiger partial charge in [0.15, 0.2) is 6.04 Å². The van der Waals surface area contributed by atoms with Gasteiger partial charge in [-0.05, 0) is 91.0 Å². The maximum atomic E-state index is 16.5. The van der Waals surface area contributed by atoms with E-state index >= 15 is 8.78 Å². The number of amides is 1. The van der Waals surface area contributed by atoms with E-state index < -0.39 is 33.5 Å². The number of ether oxygens (including phenoxy) is 1. The van der Waals surface area contributed by atoms with E-state index in [1.54, 1.807) is 24.3 Å². The van der Waals surface area contributed by atoms with Gasteiger partial charge in [-0.3, -0.25) is 4.79 Å². The summed E-state index contributed by atoms with van der Waals surface area (Å²) in [6, 6.07) is 15.7. The fraction of sp³-hybridized carbons (Fsp3) is 0.457. The lowest BCUT2D eigenvalue weighted by Gasteiger charge is -2.39. The number of carbonyl (C=O) groups excluding carboxylic acids is 1. The molecule has 2 aliphatic carbocycles. The van der Waals surface area contributed by atoms with E-state index in [1.807, 2.05) is 0 Å². The molecule has 3 atom stereocenters. The molecule has 3 aromatic carbocycles. The van der Waals surface area contributed by atoms with Crippen LogP contribution >= 0.6 is 11.6 Å². The van der Waals surface area contributed by atoms with E-state index in [2.05, 4.69) is 4.72 Å². The highest BCUT2D eigenvalue weighted by atomic mass is 35.5. The first-order valence-corrected chi connectivity index (χ1v) is 17.9. The number of benzene rings is 3. The number of hydrogen-bond acceptors (Lipinski definition) is 5. The predicted molar refractivity (Wildman–Crippen MR) is 174 cm³/mol. The van der Waals surface area contributed by atoms with Gasteiger partial charge < -0.3 is 15.4 Å². The first-order chi connectivity index (χ1) is 22.0. The van der Waals surface area contributed by atoms with Crippen molar-refractivity contribution in [1.82, 2.24) is 9.62 Å². The van der Waals surface area contributed by atoms with Crippen LogP contribution in [0.2, 0.25) is 5.02 Å². The SMILES string of the molecule is NC1C2CCC1CN(C(=O)[C@H](NS(=O)(=O)c1ccc(OCC3CCCCC3)cc1)C(F)(F)c1ccc(-c3ccc(Cl)cc3)cc1)C2. The zero-order valence-corrected chi connectivity index (χ0v) is 27.2. The molecular weight excluding hydrogens is 632 g/mol. The number of nitrogens with one attached hydrogen (secondary N) is 1. The second-order valence-electron chi connectivity index (χ2n) is 13.0. The maximum Gasteiger partial charge on any atom is 0.298 e. The average Bonchev–Trinajstić information content (AvgIpc) is 3.25. The summed E-state index contributed by atoms with van der Waals surface area (Å²) >= 11 is 5.99. The highest BCUT2D eigenvalue weighted by Crippen LogP contribution is 2.39. The van der Waals surface area contributed by atoms with Gasteiger partial charge in [-0.2, -0.15) is 13.5 Å². The zero-order chi connectivity index (χ0) is 32.5. The summed E-state index contributed by atoms with van der Waals surface area (Å²) in [7, 11) is -4.53. The van der Waals surface area contributed by atoms with E-state index in [1.165, 1.54) is 72.7 Å². The Balaban J connectivity index is 1.24. The lowest BCUT2D eigenvalue weighted by molar-refractivity contribution is -0.146. The molecule has 46 heavy (non-hydrogen) atoms. The van der Waals surface area contributed by atoms with Gasteiger partial charge in [-0.25, -0.2) is 8.42 Å². The van der Waals surface area contributed by atoms with Crippen LogP contribution < -0.4 is 15.2 Å². The summed E-state index contributed by atoms with van der Waals surface area (Å²) in [5.41, 5.74) is 7.28. The Kier molecular flexibility index (Phi) is 9.71. The number of alkyl halides is 2. The third-order valence-corrected chi connectivity index (χ3v) is 11.6. The minimum atomic E-state index is -4.53. The van der Waals surface area contributed by atoms with Crippen molar-refractivity contribution in [2.24, 2.45) is 23.5 Å². The predicted octanol–water partition coefficient (Wildman–Crippen LogP) is 6.60. The standard InChI is InChI=1S/C35H40ClF2N3O4S/c36-29-14-10-25(11-15-29)24-8-12-28(13-9-24)35(37,38)33(34(42)41-20-26-6-7-27(21-41)32(26)39)40-46(43,44)31-18-16-30(17-19-31)45-22-23-4-2-1-3-5-23/h8-19,23,26-27,32-33,40H,1-7,20-22,39H2/t26?,27?,32?,33-/m0/s1. The third-order valence-electron chi connectivity index (χ3n) is 9.89. The Morgan fingerprint density at radius 1 is 0.891 bits per heavy atom. The Morgan fingerprint density at radius 3 is 2.04 bits per heavy atom. The van der Waals surface area contributed by atoms with E-state index in [0.717, 1.165) is 31.2 Å². The van der Waals surface area contributed by atoms with Crippen LogP contribution in [0.15, 0.2) is 77.7 Å². The number of carbonyl (C=O) groups is 1. The van der Waals surface area contributed by atoms with Crippen LogP contribution in [0.3, 0.4) is 0 Å². The molecule has 6 rings (SSSR count). The summed E-state index contributed by atoms with van der Waals surface area (Å²) in [5.74, 6) is -3.88. The number of rotatable bonds is 10. The number of nitrogens with zero attached hydrogens (tertiary/aromatic N) is 1. The minimum Gasteiger partial charge on any atom is -0.493 e. The van der Waals surface area contributed by atoms with Crippen molar-refractivity contribution >= 4 is 27.5 Å². The summed E-state index contributed by atoms with van der Waals surface area (Å²) in [6.07, 6.45) is 7.43. The van der Waals surface area contributed by atoms with Gasteiger partial charge in [0, 0.05) is 29.7 Å². The lowest BCUT2D eigenvalue weighted by atomic mass is 9.90. The molecule has 1 amide bonds. The monoisotopic (exact) mass is 671 g/mol.